The highest BCUT2D eigenvalue weighted by Crippen LogP contribution is 2.44. The maximum Gasteiger partial charge on any atom is 0.370 e. The molecule has 254 valence electrons. The van der Waals surface area contributed by atoms with Crippen LogP contribution in [0.25, 0.3) is 0 Å². The molecule has 6 heteroatoms. The molecule has 44 heavy (non-hydrogen) atoms. The third-order valence-corrected chi connectivity index (χ3v) is 10.8. The van der Waals surface area contributed by atoms with Crippen LogP contribution in [0.3, 0.4) is 0 Å². The van der Waals surface area contributed by atoms with Crippen molar-refractivity contribution in [1.29, 1.82) is 0 Å². The van der Waals surface area contributed by atoms with Crippen LogP contribution in [0, 0.1) is 41.4 Å². The van der Waals surface area contributed by atoms with E-state index in [4.69, 9.17) is 19.6 Å². The van der Waals surface area contributed by atoms with Crippen molar-refractivity contribution in [1.82, 2.24) is 0 Å². The van der Waals surface area contributed by atoms with Crippen LogP contribution < -0.4 is 0 Å². The molecule has 1 unspecified atom stereocenters. The zero-order chi connectivity index (χ0) is 32.2. The van der Waals surface area contributed by atoms with Gasteiger partial charge in [-0.1, -0.05) is 110 Å². The van der Waals surface area contributed by atoms with Crippen LogP contribution >= 0.6 is 0 Å². The number of allylic oxidation sites excluding steroid dienone is 1. The van der Waals surface area contributed by atoms with E-state index in [2.05, 4.69) is 20.1 Å². The van der Waals surface area contributed by atoms with Gasteiger partial charge in [0, 0.05) is 13.0 Å². The second-order valence-corrected chi connectivity index (χ2v) is 14.5. The van der Waals surface area contributed by atoms with Gasteiger partial charge in [-0.15, -0.1) is 0 Å². The Labute approximate surface area is 269 Å². The number of carbonyl (C=O) groups excluding carboxylic acids is 2. The van der Waals surface area contributed by atoms with Crippen LogP contribution in [0.2, 0.25) is 0 Å². The molecule has 3 aliphatic rings. The molecule has 3 saturated carbocycles. The van der Waals surface area contributed by atoms with Crippen LogP contribution in [-0.4, -0.2) is 44.3 Å². The number of ether oxygens (including phenoxy) is 1. The fourth-order valence-electron chi connectivity index (χ4n) is 8.01. The molecule has 0 radical (unpaired) electrons. The molecular formula is C38H66O6. The van der Waals surface area contributed by atoms with Crippen molar-refractivity contribution in [2.45, 2.75) is 136 Å². The van der Waals surface area contributed by atoms with E-state index < -0.39 is 12.6 Å². The summed E-state index contributed by atoms with van der Waals surface area (Å²) in [6.07, 6.45) is 27.8. The number of aliphatic hydroxyl groups excluding tert-OH is 1. The predicted molar refractivity (Wildman–Crippen MR) is 179 cm³/mol. The Kier molecular flexibility index (Phi) is 20.1. The van der Waals surface area contributed by atoms with Gasteiger partial charge < -0.3 is 9.84 Å². The minimum atomic E-state index is -0.704. The number of methoxy groups -OCH3 is 1. The van der Waals surface area contributed by atoms with Crippen LogP contribution in [-0.2, 0) is 24.1 Å². The molecule has 0 aromatic carbocycles. The van der Waals surface area contributed by atoms with Crippen molar-refractivity contribution >= 4 is 12.3 Å². The number of hydrogen-bond acceptors (Lipinski definition) is 6. The van der Waals surface area contributed by atoms with Crippen molar-refractivity contribution in [2.24, 2.45) is 41.4 Å². The van der Waals surface area contributed by atoms with Gasteiger partial charge >= 0.3 is 5.97 Å². The van der Waals surface area contributed by atoms with Crippen molar-refractivity contribution in [3.05, 3.63) is 24.3 Å². The number of unbranched alkanes of at least 4 members (excludes halogenated alkanes) is 2. The first kappa shape index (κ1) is 38.7. The summed E-state index contributed by atoms with van der Waals surface area (Å²) in [6, 6.07) is 0. The van der Waals surface area contributed by atoms with Gasteiger partial charge in [-0.3, -0.25) is 9.68 Å². The fraction of sp³-hybridized carbons (Fsp3) is 0.842. The molecule has 3 fully saturated rings. The van der Waals surface area contributed by atoms with Gasteiger partial charge in [0.15, 0.2) is 0 Å². The Hall–Kier alpha value is -1.50. The molecule has 0 spiro atoms. The lowest BCUT2D eigenvalue weighted by Crippen LogP contribution is -2.28. The third kappa shape index (κ3) is 15.7. The lowest BCUT2D eigenvalue weighted by molar-refractivity contribution is -0.276. The molecule has 0 aromatic rings. The predicted octanol–water partition coefficient (Wildman–Crippen LogP) is 9.20. The zero-order valence-electron chi connectivity index (χ0n) is 28.6. The van der Waals surface area contributed by atoms with E-state index >= 15 is 0 Å². The first-order valence-corrected chi connectivity index (χ1v) is 18.0. The molecule has 1 N–H and O–H groups in total. The lowest BCUT2D eigenvalue weighted by atomic mass is 9.67. The second kappa shape index (κ2) is 22.9. The van der Waals surface area contributed by atoms with Gasteiger partial charge in [0.25, 0.3) is 0 Å². The van der Waals surface area contributed by atoms with Crippen LogP contribution in [0.1, 0.15) is 136 Å². The molecule has 0 heterocycles. The molecule has 1 atom stereocenters. The summed E-state index contributed by atoms with van der Waals surface area (Å²) in [7, 11) is 1.71. The Bertz CT molecular complexity index is 800. The van der Waals surface area contributed by atoms with E-state index in [9.17, 15) is 9.59 Å². The van der Waals surface area contributed by atoms with Gasteiger partial charge in [-0.25, -0.2) is 4.79 Å². The first-order valence-electron chi connectivity index (χ1n) is 18.0. The second-order valence-electron chi connectivity index (χ2n) is 14.5. The SMILES string of the molecule is C=C(C)C=O.C=C(CO)C(=O)OOCC(COC)CC1CCC(C2CCC(CCC3CCC(CCCCC)CC3)CC2)CC1. The normalized spacial score (nSPS) is 27.8. The van der Waals surface area contributed by atoms with Crippen molar-refractivity contribution in [2.75, 3.05) is 26.9 Å². The van der Waals surface area contributed by atoms with Crippen molar-refractivity contribution in [3.63, 3.8) is 0 Å². The fourth-order valence-corrected chi connectivity index (χ4v) is 8.01. The summed E-state index contributed by atoms with van der Waals surface area (Å²) in [5.74, 6) is 5.15. The largest absolute Gasteiger partial charge is 0.391 e. The monoisotopic (exact) mass is 618 g/mol. The Balaban J connectivity index is 0.00000125. The van der Waals surface area contributed by atoms with Gasteiger partial charge in [0.1, 0.15) is 6.29 Å². The van der Waals surface area contributed by atoms with Crippen LogP contribution in [0.4, 0.5) is 0 Å². The molecule has 3 rings (SSSR count). The standard InChI is InChI=1S/C34H60O5.C4H6O/c1-4-5-6-7-27-8-10-28(11-9-27)12-13-29-14-18-32(19-15-29)33-20-16-30(17-21-33)22-31(24-37-3)25-38-39-34(36)26(2)23-35;1-4(2)3-5/h27-33,35H,2,4-25H2,1,3H3;3H,1H2,2H3. The highest BCUT2D eigenvalue weighted by Gasteiger charge is 2.32. The van der Waals surface area contributed by atoms with E-state index in [1.807, 2.05) is 0 Å². The molecule has 6 nitrogen and oxygen atoms in total. The maximum absolute atomic E-state index is 11.6. The molecule has 0 bridgehead atoms. The summed E-state index contributed by atoms with van der Waals surface area (Å²) < 4.78 is 5.40. The topological polar surface area (TPSA) is 82.1 Å². The highest BCUT2D eigenvalue weighted by molar-refractivity contribution is 5.87. The number of hydrogen-bond donors (Lipinski definition) is 1. The molecule has 3 aliphatic carbocycles. The summed E-state index contributed by atoms with van der Waals surface area (Å²) in [4.78, 5) is 31.0. The minimum Gasteiger partial charge on any atom is -0.391 e. The van der Waals surface area contributed by atoms with E-state index in [-0.39, 0.29) is 11.5 Å². The number of aliphatic hydroxyl groups is 1. The molecule has 0 amide bonds. The van der Waals surface area contributed by atoms with Gasteiger partial charge in [0.2, 0.25) is 0 Å². The van der Waals surface area contributed by atoms with Crippen LogP contribution in [0.5, 0.6) is 0 Å². The van der Waals surface area contributed by atoms with Crippen LogP contribution in [0.15, 0.2) is 24.3 Å². The van der Waals surface area contributed by atoms with E-state index in [0.717, 1.165) is 42.3 Å². The van der Waals surface area contributed by atoms with Gasteiger partial charge in [-0.05, 0) is 80.1 Å². The minimum absolute atomic E-state index is 0.000979. The number of aldehydes is 1. The number of carbonyl (C=O) groups is 2. The summed E-state index contributed by atoms with van der Waals surface area (Å²) >= 11 is 0. The molecule has 0 saturated heterocycles. The molecule has 0 aromatic heterocycles. The first-order chi connectivity index (χ1) is 21.3. The average molecular weight is 619 g/mol. The summed E-state index contributed by atoms with van der Waals surface area (Å²) in [5, 5.41) is 8.97. The highest BCUT2D eigenvalue weighted by atomic mass is 17.2. The average Bonchev–Trinajstić information content (AvgIpc) is 3.05. The quantitative estimate of drug-likeness (QED) is 0.0542. The van der Waals surface area contributed by atoms with E-state index in [0.29, 0.717) is 24.7 Å². The Morgan fingerprint density at radius 2 is 1.27 bits per heavy atom. The summed E-state index contributed by atoms with van der Waals surface area (Å²) in [6.45, 7) is 11.2. The summed E-state index contributed by atoms with van der Waals surface area (Å²) in [5.41, 5.74) is 0.575. The Morgan fingerprint density at radius 1 is 0.795 bits per heavy atom. The van der Waals surface area contributed by atoms with Gasteiger partial charge in [-0.2, -0.15) is 4.89 Å². The molecule has 0 aliphatic heterocycles. The lowest BCUT2D eigenvalue weighted by Gasteiger charge is -2.39. The molecular weight excluding hydrogens is 552 g/mol. The maximum atomic E-state index is 11.6. The third-order valence-electron chi connectivity index (χ3n) is 10.8. The van der Waals surface area contributed by atoms with E-state index in [1.165, 1.54) is 116 Å². The number of rotatable bonds is 18. The van der Waals surface area contributed by atoms with E-state index in [1.54, 1.807) is 14.0 Å². The van der Waals surface area contributed by atoms with Crippen molar-refractivity contribution in [3.8, 4) is 0 Å². The smallest absolute Gasteiger partial charge is 0.370 e. The Morgan fingerprint density at radius 3 is 1.73 bits per heavy atom. The van der Waals surface area contributed by atoms with Gasteiger partial charge in [0.05, 0.1) is 25.4 Å². The zero-order valence-corrected chi connectivity index (χ0v) is 28.6. The van der Waals surface area contributed by atoms with Crippen molar-refractivity contribution < 1.29 is 29.2 Å².